The van der Waals surface area contributed by atoms with Gasteiger partial charge in [-0.2, -0.15) is 0 Å². The third-order valence-electron chi connectivity index (χ3n) is 2.46. The summed E-state index contributed by atoms with van der Waals surface area (Å²) in [4.78, 5) is 22.5. The summed E-state index contributed by atoms with van der Waals surface area (Å²) in [6, 6.07) is 1.82. The number of carboxylic acids is 1. The van der Waals surface area contributed by atoms with E-state index >= 15 is 0 Å². The number of aromatic carboxylic acids is 1. The Hall–Kier alpha value is -1.31. The maximum Gasteiger partial charge on any atom is 0.335 e. The molecule has 0 saturated carbocycles. The van der Waals surface area contributed by atoms with Crippen LogP contribution in [-0.2, 0) is 10.8 Å². The normalized spacial score (nSPS) is 11.8. The predicted molar refractivity (Wildman–Crippen MR) is 84.0 cm³/mol. The number of halogens is 2. The van der Waals surface area contributed by atoms with Gasteiger partial charge >= 0.3 is 12.0 Å². The zero-order chi connectivity index (χ0) is 16.0. The number of benzene rings is 1. The Bertz CT molecular complexity index is 557. The van der Waals surface area contributed by atoms with Gasteiger partial charge < -0.3 is 15.7 Å². The average Bonchev–Trinajstić information content (AvgIpc) is 2.42. The van der Waals surface area contributed by atoms with Crippen LogP contribution >= 0.6 is 23.2 Å². The van der Waals surface area contributed by atoms with Crippen molar-refractivity contribution in [2.24, 2.45) is 0 Å². The first-order chi connectivity index (χ1) is 9.85. The van der Waals surface area contributed by atoms with Crippen LogP contribution in [0, 0.1) is 0 Å². The van der Waals surface area contributed by atoms with E-state index in [0.717, 1.165) is 0 Å². The SMILES string of the molecule is CCS(=O)CCNC(=O)Nc1c(Cl)cc(C(=O)O)cc1Cl. The van der Waals surface area contributed by atoms with E-state index in [0.29, 0.717) is 11.5 Å². The van der Waals surface area contributed by atoms with Crippen molar-refractivity contribution >= 4 is 51.7 Å². The van der Waals surface area contributed by atoms with Crippen LogP contribution in [0.15, 0.2) is 12.1 Å². The molecule has 0 spiro atoms. The fraction of sp³-hybridized carbons (Fsp3) is 0.333. The van der Waals surface area contributed by atoms with Crippen molar-refractivity contribution in [1.29, 1.82) is 0 Å². The van der Waals surface area contributed by atoms with Crippen molar-refractivity contribution in [2.45, 2.75) is 6.92 Å². The van der Waals surface area contributed by atoms with Crippen LogP contribution in [0.1, 0.15) is 17.3 Å². The van der Waals surface area contributed by atoms with Crippen LogP contribution in [0.4, 0.5) is 10.5 Å². The molecule has 0 radical (unpaired) electrons. The third-order valence-corrected chi connectivity index (χ3v) is 4.36. The minimum absolute atomic E-state index is 0.0205. The summed E-state index contributed by atoms with van der Waals surface area (Å²) in [5.41, 5.74) is 0.0479. The van der Waals surface area contributed by atoms with Crippen LogP contribution < -0.4 is 10.6 Å². The average molecular weight is 353 g/mol. The first kappa shape index (κ1) is 17.7. The van der Waals surface area contributed by atoms with Gasteiger partial charge in [-0.25, -0.2) is 9.59 Å². The van der Waals surface area contributed by atoms with E-state index in [9.17, 15) is 13.8 Å². The number of carbonyl (C=O) groups excluding carboxylic acids is 1. The number of urea groups is 1. The van der Waals surface area contributed by atoms with Crippen molar-refractivity contribution in [3.63, 3.8) is 0 Å². The summed E-state index contributed by atoms with van der Waals surface area (Å²) in [5, 5.41) is 13.8. The number of nitrogens with one attached hydrogen (secondary N) is 2. The number of hydrogen-bond donors (Lipinski definition) is 3. The minimum Gasteiger partial charge on any atom is -0.478 e. The summed E-state index contributed by atoms with van der Waals surface area (Å²) in [6.07, 6.45) is 0. The number of hydrogen-bond acceptors (Lipinski definition) is 3. The third kappa shape index (κ3) is 5.53. The Morgan fingerprint density at radius 3 is 2.33 bits per heavy atom. The number of rotatable bonds is 6. The van der Waals surface area contributed by atoms with Crippen LogP contribution in [0.5, 0.6) is 0 Å². The van der Waals surface area contributed by atoms with E-state index in [4.69, 9.17) is 28.3 Å². The second-order valence-electron chi connectivity index (χ2n) is 3.93. The molecule has 1 aromatic rings. The topological polar surface area (TPSA) is 95.5 Å². The van der Waals surface area contributed by atoms with Gasteiger partial charge in [0.1, 0.15) is 0 Å². The largest absolute Gasteiger partial charge is 0.478 e. The fourth-order valence-corrected chi connectivity index (χ4v) is 2.60. The summed E-state index contributed by atoms with van der Waals surface area (Å²) < 4.78 is 11.2. The van der Waals surface area contributed by atoms with Gasteiger partial charge in [0.15, 0.2) is 0 Å². The van der Waals surface area contributed by atoms with Crippen LogP contribution in [-0.4, -0.2) is 39.4 Å². The number of carboxylic acid groups (broad SMARTS) is 1. The second kappa shape index (κ2) is 8.21. The molecule has 0 bridgehead atoms. The molecule has 0 saturated heterocycles. The monoisotopic (exact) mass is 352 g/mol. The molecule has 3 N–H and O–H groups in total. The van der Waals surface area contributed by atoms with Gasteiger partial charge in [0, 0.05) is 28.9 Å². The van der Waals surface area contributed by atoms with E-state index in [-0.39, 0.29) is 27.8 Å². The zero-order valence-corrected chi connectivity index (χ0v) is 13.4. The lowest BCUT2D eigenvalue weighted by molar-refractivity contribution is 0.0697. The highest BCUT2D eigenvalue weighted by atomic mass is 35.5. The molecule has 21 heavy (non-hydrogen) atoms. The quantitative estimate of drug-likeness (QED) is 0.733. The molecule has 1 rings (SSSR count). The molecule has 0 aliphatic carbocycles. The maximum absolute atomic E-state index is 11.7. The molecule has 1 aromatic carbocycles. The standard InChI is InChI=1S/C12H14Cl2N2O4S/c1-2-21(20)4-3-15-12(19)16-10-8(13)5-7(11(17)18)6-9(10)14/h5-6H,2-4H2,1H3,(H,17,18)(H2,15,16,19). The Labute approximate surface area is 134 Å². The molecular weight excluding hydrogens is 339 g/mol. The smallest absolute Gasteiger partial charge is 0.335 e. The molecule has 9 heteroatoms. The van der Waals surface area contributed by atoms with E-state index in [2.05, 4.69) is 10.6 Å². The summed E-state index contributed by atoms with van der Waals surface area (Å²) in [5.74, 6) is -0.294. The van der Waals surface area contributed by atoms with Crippen molar-refractivity contribution in [1.82, 2.24) is 5.32 Å². The van der Waals surface area contributed by atoms with Crippen molar-refractivity contribution in [3.05, 3.63) is 27.7 Å². The first-order valence-electron chi connectivity index (χ1n) is 5.97. The van der Waals surface area contributed by atoms with E-state index in [1.165, 1.54) is 12.1 Å². The Morgan fingerprint density at radius 1 is 1.29 bits per heavy atom. The first-order valence-corrected chi connectivity index (χ1v) is 8.21. The highest BCUT2D eigenvalue weighted by Gasteiger charge is 2.14. The van der Waals surface area contributed by atoms with Crippen molar-refractivity contribution in [3.8, 4) is 0 Å². The number of carbonyl (C=O) groups is 2. The Balaban J connectivity index is 2.68. The van der Waals surface area contributed by atoms with Gasteiger partial charge in [-0.15, -0.1) is 0 Å². The molecule has 1 atom stereocenters. The molecule has 0 aliphatic heterocycles. The van der Waals surface area contributed by atoms with Gasteiger partial charge in [-0.1, -0.05) is 30.1 Å². The lowest BCUT2D eigenvalue weighted by Gasteiger charge is -2.11. The molecule has 116 valence electrons. The van der Waals surface area contributed by atoms with Gasteiger partial charge in [0.25, 0.3) is 0 Å². The van der Waals surface area contributed by atoms with Crippen LogP contribution in [0.3, 0.4) is 0 Å². The molecule has 1 unspecified atom stereocenters. The molecule has 0 fully saturated rings. The van der Waals surface area contributed by atoms with E-state index < -0.39 is 22.8 Å². The lowest BCUT2D eigenvalue weighted by Crippen LogP contribution is -2.32. The van der Waals surface area contributed by atoms with Gasteiger partial charge in [-0.3, -0.25) is 4.21 Å². The van der Waals surface area contributed by atoms with E-state index in [1.807, 2.05) is 0 Å². The molecule has 2 amide bonds. The zero-order valence-electron chi connectivity index (χ0n) is 11.1. The summed E-state index contributed by atoms with van der Waals surface area (Å²) >= 11 is 11.8. The number of anilines is 1. The van der Waals surface area contributed by atoms with Gasteiger partial charge in [0.2, 0.25) is 0 Å². The second-order valence-corrected chi connectivity index (χ2v) is 6.61. The molecular formula is C12H14Cl2N2O4S. The highest BCUT2D eigenvalue weighted by Crippen LogP contribution is 2.31. The highest BCUT2D eigenvalue weighted by molar-refractivity contribution is 7.84. The van der Waals surface area contributed by atoms with Crippen LogP contribution in [0.25, 0.3) is 0 Å². The summed E-state index contributed by atoms with van der Waals surface area (Å²) in [7, 11) is -0.967. The lowest BCUT2D eigenvalue weighted by atomic mass is 10.2. The predicted octanol–water partition coefficient (Wildman–Crippen LogP) is 2.58. The molecule has 6 nitrogen and oxygen atoms in total. The van der Waals surface area contributed by atoms with Gasteiger partial charge in [0.05, 0.1) is 21.3 Å². The molecule has 0 aromatic heterocycles. The van der Waals surface area contributed by atoms with E-state index in [1.54, 1.807) is 6.92 Å². The van der Waals surface area contributed by atoms with Crippen molar-refractivity contribution < 1.29 is 18.9 Å². The number of amides is 2. The van der Waals surface area contributed by atoms with Crippen LogP contribution in [0.2, 0.25) is 10.0 Å². The molecule has 0 aliphatic rings. The van der Waals surface area contributed by atoms with Crippen molar-refractivity contribution in [2.75, 3.05) is 23.4 Å². The fourth-order valence-electron chi connectivity index (χ4n) is 1.40. The minimum atomic E-state index is -1.17. The maximum atomic E-state index is 11.7. The Morgan fingerprint density at radius 2 is 1.86 bits per heavy atom. The Kier molecular flexibility index (Phi) is 6.94. The van der Waals surface area contributed by atoms with Gasteiger partial charge in [-0.05, 0) is 12.1 Å². The molecule has 0 heterocycles. The summed E-state index contributed by atoms with van der Waals surface area (Å²) in [6.45, 7) is 2.04.